The molecule has 1 unspecified atom stereocenters. The SMILES string of the molecule is CCc1nn(C)c(CC2(C#N)CCCCC2=O)c1Br. The van der Waals surface area contributed by atoms with Gasteiger partial charge in [0.15, 0.2) is 5.78 Å². The first-order valence-corrected chi connectivity index (χ1v) is 7.48. The maximum absolute atomic E-state index is 12.2. The number of hydrogen-bond acceptors (Lipinski definition) is 3. The second kappa shape index (κ2) is 5.46. The summed E-state index contributed by atoms with van der Waals surface area (Å²) in [5.74, 6) is 0.0902. The van der Waals surface area contributed by atoms with Crippen molar-refractivity contribution in [2.24, 2.45) is 12.5 Å². The van der Waals surface area contributed by atoms with E-state index >= 15 is 0 Å². The van der Waals surface area contributed by atoms with E-state index in [1.165, 1.54) is 0 Å². The molecule has 1 saturated carbocycles. The third-order valence-electron chi connectivity index (χ3n) is 3.98. The lowest BCUT2D eigenvalue weighted by Gasteiger charge is -2.29. The Bertz CT molecular complexity index is 544. The van der Waals surface area contributed by atoms with Gasteiger partial charge in [0, 0.05) is 19.9 Å². The molecule has 102 valence electrons. The van der Waals surface area contributed by atoms with E-state index in [-0.39, 0.29) is 5.78 Å². The highest BCUT2D eigenvalue weighted by Gasteiger charge is 2.41. The fourth-order valence-electron chi connectivity index (χ4n) is 2.73. The topological polar surface area (TPSA) is 58.7 Å². The van der Waals surface area contributed by atoms with Gasteiger partial charge in [-0.15, -0.1) is 0 Å². The number of nitrogens with zero attached hydrogens (tertiary/aromatic N) is 3. The number of Topliss-reactive ketones (excluding diaryl/α,β-unsaturated/α-hetero) is 1. The van der Waals surface area contributed by atoms with E-state index in [4.69, 9.17) is 0 Å². The molecule has 1 aliphatic carbocycles. The van der Waals surface area contributed by atoms with Crippen LogP contribution in [0, 0.1) is 16.7 Å². The Hall–Kier alpha value is -1.15. The van der Waals surface area contributed by atoms with Gasteiger partial charge < -0.3 is 0 Å². The number of hydrogen-bond donors (Lipinski definition) is 0. The fraction of sp³-hybridized carbons (Fsp3) is 0.643. The Morgan fingerprint density at radius 2 is 2.26 bits per heavy atom. The van der Waals surface area contributed by atoms with Gasteiger partial charge in [-0.3, -0.25) is 9.48 Å². The molecule has 0 radical (unpaired) electrons. The lowest BCUT2D eigenvalue weighted by atomic mass is 9.71. The van der Waals surface area contributed by atoms with Crippen molar-refractivity contribution in [3.05, 3.63) is 15.9 Å². The van der Waals surface area contributed by atoms with Crippen LogP contribution in [0.3, 0.4) is 0 Å². The molecule has 1 aliphatic rings. The Morgan fingerprint density at radius 1 is 1.53 bits per heavy atom. The predicted octanol–water partition coefficient (Wildman–Crippen LogP) is 2.94. The van der Waals surface area contributed by atoms with Crippen LogP contribution in [0.5, 0.6) is 0 Å². The van der Waals surface area contributed by atoms with Crippen LogP contribution in [0.2, 0.25) is 0 Å². The van der Waals surface area contributed by atoms with Gasteiger partial charge in [-0.05, 0) is 35.2 Å². The summed E-state index contributed by atoms with van der Waals surface area (Å²) < 4.78 is 2.75. The first-order valence-electron chi connectivity index (χ1n) is 6.69. The molecular formula is C14H18BrN3O. The molecule has 1 atom stereocenters. The summed E-state index contributed by atoms with van der Waals surface area (Å²) >= 11 is 3.56. The highest BCUT2D eigenvalue weighted by Crippen LogP contribution is 2.38. The fourth-order valence-corrected chi connectivity index (χ4v) is 3.49. The highest BCUT2D eigenvalue weighted by atomic mass is 79.9. The molecule has 19 heavy (non-hydrogen) atoms. The number of aromatic nitrogens is 2. The quantitative estimate of drug-likeness (QED) is 0.859. The third-order valence-corrected chi connectivity index (χ3v) is 4.89. The molecule has 0 saturated heterocycles. The van der Waals surface area contributed by atoms with Crippen LogP contribution in [0.15, 0.2) is 4.47 Å². The second-order valence-corrected chi connectivity index (χ2v) is 5.98. The Kier molecular flexibility index (Phi) is 4.10. The summed E-state index contributed by atoms with van der Waals surface area (Å²) in [6.45, 7) is 2.04. The van der Waals surface area contributed by atoms with E-state index < -0.39 is 5.41 Å². The monoisotopic (exact) mass is 323 g/mol. The first-order chi connectivity index (χ1) is 9.04. The van der Waals surface area contributed by atoms with Crippen LogP contribution in [0.4, 0.5) is 0 Å². The van der Waals surface area contributed by atoms with Crippen molar-refractivity contribution >= 4 is 21.7 Å². The van der Waals surface area contributed by atoms with Crippen molar-refractivity contribution in [2.45, 2.75) is 45.4 Å². The van der Waals surface area contributed by atoms with E-state index in [9.17, 15) is 10.1 Å². The van der Waals surface area contributed by atoms with Crippen molar-refractivity contribution in [1.82, 2.24) is 9.78 Å². The average molecular weight is 324 g/mol. The maximum Gasteiger partial charge on any atom is 0.153 e. The van der Waals surface area contributed by atoms with Crippen LogP contribution in [0.1, 0.15) is 44.0 Å². The first kappa shape index (κ1) is 14.3. The lowest BCUT2D eigenvalue weighted by molar-refractivity contribution is -0.128. The summed E-state index contributed by atoms with van der Waals surface area (Å²) in [6.07, 6.45) is 4.36. The van der Waals surface area contributed by atoms with Crippen LogP contribution in [-0.4, -0.2) is 15.6 Å². The summed E-state index contributed by atoms with van der Waals surface area (Å²) in [5, 5.41) is 13.9. The molecule has 1 heterocycles. The zero-order chi connectivity index (χ0) is 14.0. The van der Waals surface area contributed by atoms with Crippen molar-refractivity contribution in [3.63, 3.8) is 0 Å². The molecule has 5 heteroatoms. The van der Waals surface area contributed by atoms with Gasteiger partial charge in [-0.2, -0.15) is 10.4 Å². The van der Waals surface area contributed by atoms with Crippen molar-refractivity contribution in [1.29, 1.82) is 5.26 Å². The summed E-state index contributed by atoms with van der Waals surface area (Å²) in [5.41, 5.74) is 1.09. The van der Waals surface area contributed by atoms with E-state index in [0.29, 0.717) is 19.3 Å². The predicted molar refractivity (Wildman–Crippen MR) is 75.5 cm³/mol. The molecule has 0 N–H and O–H groups in total. The molecule has 0 bridgehead atoms. The Balaban J connectivity index is 2.36. The van der Waals surface area contributed by atoms with Gasteiger partial charge in [0.05, 0.1) is 21.9 Å². The van der Waals surface area contributed by atoms with E-state index in [0.717, 1.165) is 35.1 Å². The van der Waals surface area contributed by atoms with Crippen LogP contribution in [-0.2, 0) is 24.7 Å². The van der Waals surface area contributed by atoms with Gasteiger partial charge in [0.25, 0.3) is 0 Å². The lowest BCUT2D eigenvalue weighted by Crippen LogP contribution is -2.35. The van der Waals surface area contributed by atoms with Gasteiger partial charge in [0.2, 0.25) is 0 Å². The van der Waals surface area contributed by atoms with Crippen molar-refractivity contribution < 1.29 is 4.79 Å². The molecule has 1 aromatic heterocycles. The second-order valence-electron chi connectivity index (χ2n) is 5.19. The number of nitriles is 1. The van der Waals surface area contributed by atoms with Crippen LogP contribution in [0.25, 0.3) is 0 Å². The molecule has 0 aromatic carbocycles. The minimum Gasteiger partial charge on any atom is -0.298 e. The molecule has 0 amide bonds. The standard InChI is InChI=1S/C14H18BrN3O/c1-3-10-13(15)11(18(2)17-10)8-14(9-16)7-5-4-6-12(14)19/h3-8H2,1-2H3. The Labute approximate surface area is 121 Å². The minimum atomic E-state index is -0.848. The largest absolute Gasteiger partial charge is 0.298 e. The number of carbonyl (C=O) groups excluding carboxylic acids is 1. The number of halogens is 1. The highest BCUT2D eigenvalue weighted by molar-refractivity contribution is 9.10. The van der Waals surface area contributed by atoms with Crippen molar-refractivity contribution in [3.8, 4) is 6.07 Å². The summed E-state index contributed by atoms with van der Waals surface area (Å²) in [7, 11) is 1.87. The van der Waals surface area contributed by atoms with Gasteiger partial charge in [-0.25, -0.2) is 0 Å². The molecular weight excluding hydrogens is 306 g/mol. The number of ketones is 1. The maximum atomic E-state index is 12.2. The molecule has 2 rings (SSSR count). The number of carbonyl (C=O) groups is 1. The molecule has 1 aromatic rings. The van der Waals surface area contributed by atoms with Crippen LogP contribution >= 0.6 is 15.9 Å². The number of rotatable bonds is 3. The van der Waals surface area contributed by atoms with E-state index in [2.05, 4.69) is 27.1 Å². The molecule has 1 fully saturated rings. The smallest absolute Gasteiger partial charge is 0.153 e. The third kappa shape index (κ3) is 2.46. The van der Waals surface area contributed by atoms with Gasteiger partial charge >= 0.3 is 0 Å². The van der Waals surface area contributed by atoms with Crippen molar-refractivity contribution in [2.75, 3.05) is 0 Å². The summed E-state index contributed by atoms with van der Waals surface area (Å²) in [6, 6.07) is 2.29. The molecule has 0 spiro atoms. The van der Waals surface area contributed by atoms with E-state index in [1.807, 2.05) is 14.0 Å². The Morgan fingerprint density at radius 3 is 2.79 bits per heavy atom. The van der Waals surface area contributed by atoms with E-state index in [1.54, 1.807) is 4.68 Å². The molecule has 0 aliphatic heterocycles. The van der Waals surface area contributed by atoms with Crippen LogP contribution < -0.4 is 0 Å². The average Bonchev–Trinajstić information content (AvgIpc) is 2.68. The molecule has 4 nitrogen and oxygen atoms in total. The zero-order valence-corrected chi connectivity index (χ0v) is 13.0. The minimum absolute atomic E-state index is 0.0902. The van der Waals surface area contributed by atoms with Gasteiger partial charge in [-0.1, -0.05) is 13.3 Å². The number of aryl methyl sites for hydroxylation is 2. The van der Waals surface area contributed by atoms with Gasteiger partial charge in [0.1, 0.15) is 5.41 Å². The summed E-state index contributed by atoms with van der Waals surface area (Å²) in [4.78, 5) is 12.2. The zero-order valence-electron chi connectivity index (χ0n) is 11.4. The normalized spacial score (nSPS) is 23.4.